The second kappa shape index (κ2) is 7.74. The highest BCUT2D eigenvalue weighted by molar-refractivity contribution is 5.96. The third-order valence-electron chi connectivity index (χ3n) is 3.73. The van der Waals surface area contributed by atoms with Crippen LogP contribution in [0.3, 0.4) is 0 Å². The molecule has 0 radical (unpaired) electrons. The van der Waals surface area contributed by atoms with Crippen molar-refractivity contribution in [1.82, 2.24) is 0 Å². The highest BCUT2D eigenvalue weighted by Crippen LogP contribution is 2.33. The number of fused-ring (bicyclic) bond motifs is 1. The molecule has 0 aliphatic carbocycles. The Morgan fingerprint density at radius 3 is 2.12 bits per heavy atom. The summed E-state index contributed by atoms with van der Waals surface area (Å²) in [6.45, 7) is 7.06. The van der Waals surface area contributed by atoms with Crippen LogP contribution in [0.5, 0.6) is 17.2 Å². The Kier molecular flexibility index (Phi) is 5.23. The number of ether oxygens (including phenoxy) is 3. The van der Waals surface area contributed by atoms with Crippen LogP contribution in [0, 0.1) is 0 Å². The Balaban J connectivity index is 1.85. The van der Waals surface area contributed by atoms with E-state index in [0.29, 0.717) is 17.1 Å². The maximum Gasteiger partial charge on any atom is 0.338 e. The van der Waals surface area contributed by atoms with Crippen molar-refractivity contribution in [2.75, 3.05) is 0 Å². The molecule has 0 aliphatic rings. The zero-order valence-electron chi connectivity index (χ0n) is 14.8. The van der Waals surface area contributed by atoms with Crippen LogP contribution in [-0.4, -0.2) is 12.3 Å². The summed E-state index contributed by atoms with van der Waals surface area (Å²) in [7, 11) is 0. The first-order valence-corrected chi connectivity index (χ1v) is 8.32. The number of hydrogen-bond acceptors (Lipinski definition) is 4. The molecule has 132 valence electrons. The van der Waals surface area contributed by atoms with Crippen LogP contribution in [0.1, 0.15) is 13.8 Å². The van der Waals surface area contributed by atoms with Crippen molar-refractivity contribution in [3.05, 3.63) is 78.9 Å². The van der Waals surface area contributed by atoms with Crippen molar-refractivity contribution in [1.29, 1.82) is 0 Å². The second-order valence-electron chi connectivity index (χ2n) is 5.89. The second-order valence-corrected chi connectivity index (χ2v) is 5.89. The Morgan fingerprint density at radius 1 is 0.846 bits per heavy atom. The summed E-state index contributed by atoms with van der Waals surface area (Å²) in [6.07, 6.45) is -0.482. The smallest absolute Gasteiger partial charge is 0.338 e. The number of para-hydroxylation sites is 1. The van der Waals surface area contributed by atoms with Gasteiger partial charge >= 0.3 is 5.97 Å². The van der Waals surface area contributed by atoms with E-state index in [1.807, 2.05) is 67.6 Å². The summed E-state index contributed by atoms with van der Waals surface area (Å²) in [5.41, 5.74) is 0.347. The molecule has 0 aromatic heterocycles. The molecule has 0 amide bonds. The predicted molar refractivity (Wildman–Crippen MR) is 102 cm³/mol. The van der Waals surface area contributed by atoms with E-state index >= 15 is 0 Å². The maximum absolute atomic E-state index is 11.8. The fourth-order valence-corrected chi connectivity index (χ4v) is 2.52. The van der Waals surface area contributed by atoms with Gasteiger partial charge < -0.3 is 14.2 Å². The van der Waals surface area contributed by atoms with Gasteiger partial charge in [-0.2, -0.15) is 0 Å². The van der Waals surface area contributed by atoms with Gasteiger partial charge in [-0.05, 0) is 31.2 Å². The normalized spacial score (nSPS) is 11.6. The largest absolute Gasteiger partial charge is 0.455 e. The number of carbonyl (C=O) groups is 1. The molecule has 3 aromatic carbocycles. The highest BCUT2D eigenvalue weighted by Gasteiger charge is 2.13. The van der Waals surface area contributed by atoms with E-state index in [0.717, 1.165) is 16.5 Å². The van der Waals surface area contributed by atoms with Crippen molar-refractivity contribution in [3.63, 3.8) is 0 Å². The lowest BCUT2D eigenvalue weighted by atomic mass is 10.1. The summed E-state index contributed by atoms with van der Waals surface area (Å²) in [6, 6.07) is 20.6. The van der Waals surface area contributed by atoms with Gasteiger partial charge in [-0.15, -0.1) is 0 Å². The minimum Gasteiger partial charge on any atom is -0.455 e. The highest BCUT2D eigenvalue weighted by atomic mass is 16.7. The van der Waals surface area contributed by atoms with Gasteiger partial charge in [-0.1, -0.05) is 49.0 Å². The minimum absolute atomic E-state index is 0.347. The molecule has 0 saturated heterocycles. The van der Waals surface area contributed by atoms with Crippen LogP contribution in [0.15, 0.2) is 78.9 Å². The number of rotatable bonds is 6. The molecule has 0 fully saturated rings. The van der Waals surface area contributed by atoms with Crippen molar-refractivity contribution < 1.29 is 19.0 Å². The molecule has 4 heteroatoms. The van der Waals surface area contributed by atoms with E-state index in [9.17, 15) is 4.79 Å². The van der Waals surface area contributed by atoms with Crippen LogP contribution in [0.2, 0.25) is 0 Å². The van der Waals surface area contributed by atoms with E-state index in [1.165, 1.54) is 0 Å². The quantitative estimate of drug-likeness (QED) is 0.268. The number of esters is 1. The predicted octanol–water partition coefficient (Wildman–Crippen LogP) is 5.13. The van der Waals surface area contributed by atoms with Crippen LogP contribution < -0.4 is 14.2 Å². The van der Waals surface area contributed by atoms with E-state index in [-0.39, 0.29) is 0 Å². The maximum atomic E-state index is 11.8. The molecule has 1 atom stereocenters. The lowest BCUT2D eigenvalue weighted by molar-refractivity contribution is -0.129. The van der Waals surface area contributed by atoms with Gasteiger partial charge in [-0.25, -0.2) is 4.79 Å². The summed E-state index contributed by atoms with van der Waals surface area (Å²) in [4.78, 5) is 11.8. The van der Waals surface area contributed by atoms with Crippen molar-refractivity contribution in [2.24, 2.45) is 0 Å². The Bertz CT molecular complexity index is 931. The Morgan fingerprint density at radius 2 is 1.46 bits per heavy atom. The molecule has 4 nitrogen and oxygen atoms in total. The zero-order chi connectivity index (χ0) is 18.5. The first-order chi connectivity index (χ1) is 12.5. The number of hydrogen-bond donors (Lipinski definition) is 0. The third kappa shape index (κ3) is 4.03. The molecule has 0 N–H and O–H groups in total. The molecule has 26 heavy (non-hydrogen) atoms. The van der Waals surface area contributed by atoms with Gasteiger partial charge in [0.25, 0.3) is 0 Å². The van der Waals surface area contributed by atoms with Gasteiger partial charge in [0.1, 0.15) is 17.2 Å². The summed E-state index contributed by atoms with van der Waals surface area (Å²) < 4.78 is 17.2. The average molecular weight is 348 g/mol. The Hall–Kier alpha value is -3.27. The first kappa shape index (κ1) is 17.5. The Labute approximate surface area is 152 Å². The van der Waals surface area contributed by atoms with Crippen molar-refractivity contribution >= 4 is 16.7 Å². The molecule has 0 saturated carbocycles. The van der Waals surface area contributed by atoms with Crippen LogP contribution >= 0.6 is 0 Å². The molecule has 3 rings (SSSR count). The molecular formula is C22H20O4. The molecular weight excluding hydrogens is 328 g/mol. The number of carbonyl (C=O) groups excluding carboxylic acids is 1. The fraction of sp³-hybridized carbons (Fsp3) is 0.136. The molecule has 0 heterocycles. The van der Waals surface area contributed by atoms with Gasteiger partial charge in [-0.3, -0.25) is 0 Å². The SMILES string of the molecule is C=C(C)C(=O)Oc1cccc2c(OC(C)Oc3ccccc3)cccc12. The standard InChI is InChI=1S/C22H20O4/c1-15(2)22(23)26-21-14-8-11-18-19(21)12-7-13-20(18)25-16(3)24-17-9-5-4-6-10-17/h4-14,16H,1H2,2-3H3. The number of benzene rings is 3. The molecule has 3 aromatic rings. The van der Waals surface area contributed by atoms with E-state index in [1.54, 1.807) is 13.0 Å². The van der Waals surface area contributed by atoms with E-state index < -0.39 is 12.3 Å². The van der Waals surface area contributed by atoms with Crippen LogP contribution in [-0.2, 0) is 4.79 Å². The monoisotopic (exact) mass is 348 g/mol. The van der Waals surface area contributed by atoms with Gasteiger partial charge in [0.15, 0.2) is 0 Å². The minimum atomic E-state index is -0.482. The fourth-order valence-electron chi connectivity index (χ4n) is 2.52. The molecule has 0 bridgehead atoms. The lowest BCUT2D eigenvalue weighted by Crippen LogP contribution is -2.19. The molecule has 1 unspecified atom stereocenters. The van der Waals surface area contributed by atoms with Gasteiger partial charge in [0.05, 0.1) is 0 Å². The molecule has 0 aliphatic heterocycles. The third-order valence-corrected chi connectivity index (χ3v) is 3.73. The summed E-state index contributed by atoms with van der Waals surface area (Å²) in [5.74, 6) is 1.40. The average Bonchev–Trinajstić information content (AvgIpc) is 2.63. The van der Waals surface area contributed by atoms with Crippen LogP contribution in [0.4, 0.5) is 0 Å². The summed E-state index contributed by atoms with van der Waals surface area (Å²) >= 11 is 0. The lowest BCUT2D eigenvalue weighted by Gasteiger charge is -2.18. The topological polar surface area (TPSA) is 44.8 Å². The van der Waals surface area contributed by atoms with Crippen molar-refractivity contribution in [3.8, 4) is 17.2 Å². The van der Waals surface area contributed by atoms with E-state index in [2.05, 4.69) is 6.58 Å². The zero-order valence-corrected chi connectivity index (χ0v) is 14.8. The van der Waals surface area contributed by atoms with E-state index in [4.69, 9.17) is 14.2 Å². The van der Waals surface area contributed by atoms with Gasteiger partial charge in [0, 0.05) is 23.3 Å². The first-order valence-electron chi connectivity index (χ1n) is 8.32. The van der Waals surface area contributed by atoms with Gasteiger partial charge in [0.2, 0.25) is 6.29 Å². The van der Waals surface area contributed by atoms with Crippen molar-refractivity contribution in [2.45, 2.75) is 20.1 Å². The molecule has 0 spiro atoms. The summed E-state index contributed by atoms with van der Waals surface area (Å²) in [5, 5.41) is 1.62. The van der Waals surface area contributed by atoms with Crippen LogP contribution in [0.25, 0.3) is 10.8 Å².